The first kappa shape index (κ1) is 61.6. The Morgan fingerprint density at radius 1 is 0.200 bits per heavy atom. The lowest BCUT2D eigenvalue weighted by atomic mass is 9.44. The van der Waals surface area contributed by atoms with Crippen molar-refractivity contribution in [3.05, 3.63) is 0 Å². The smallest absolute Gasteiger partial charge is 0.0238 e. The predicted molar refractivity (Wildman–Crippen MR) is 347 cm³/mol. The molecule has 17 aliphatic carbocycles. The van der Waals surface area contributed by atoms with Gasteiger partial charge in [-0.15, -0.1) is 0 Å². The summed E-state index contributed by atoms with van der Waals surface area (Å²) in [5.74, 6) is 16.7. The normalized spacial score (nSPS) is 45.7. The summed E-state index contributed by atoms with van der Waals surface area (Å²) in [6, 6.07) is 0. The predicted octanol–water partition coefficient (Wildman–Crippen LogP) is 25.7. The van der Waals surface area contributed by atoms with Crippen molar-refractivity contribution in [2.45, 2.75) is 382 Å². The minimum Gasteiger partial charge on any atom is -0.0625 e. The lowest BCUT2D eigenvalue weighted by Gasteiger charge is -2.61. The highest BCUT2D eigenvalue weighted by Gasteiger charge is 2.56. The number of hydrogen-bond acceptors (Lipinski definition) is 0. The fourth-order valence-corrected chi connectivity index (χ4v) is 26.9. The van der Waals surface area contributed by atoms with Crippen LogP contribution in [0.25, 0.3) is 0 Å². The number of rotatable bonds is 0. The Kier molecular flexibility index (Phi) is 20.9. The summed E-state index contributed by atoms with van der Waals surface area (Å²) in [6.07, 6.45) is 80.5. The van der Waals surface area contributed by atoms with Crippen molar-refractivity contribution in [2.24, 2.45) is 121 Å². The molecule has 0 aromatic rings. The van der Waals surface area contributed by atoms with E-state index in [0.717, 1.165) is 91.7 Å². The quantitative estimate of drug-likeness (QED) is 0.227. The first-order chi connectivity index (χ1) is 38.7. The molecule has 460 valence electrons. The zero-order valence-electron chi connectivity index (χ0n) is 55.4. The lowest BCUT2D eigenvalue weighted by molar-refractivity contribution is -0.105. The molecule has 8 unspecified atom stereocenters. The van der Waals surface area contributed by atoms with Crippen LogP contribution in [0, 0.1) is 121 Å². The molecule has 15 atom stereocenters. The van der Waals surface area contributed by atoms with Gasteiger partial charge in [-0.1, -0.05) is 190 Å². The van der Waals surface area contributed by atoms with Gasteiger partial charge in [0.05, 0.1) is 0 Å². The largest absolute Gasteiger partial charge is 0.0625 e. The Labute approximate surface area is 501 Å². The van der Waals surface area contributed by atoms with Crippen LogP contribution in [0.4, 0.5) is 0 Å². The summed E-state index contributed by atoms with van der Waals surface area (Å²) < 4.78 is 0. The highest BCUT2D eigenvalue weighted by atomic mass is 14.6. The van der Waals surface area contributed by atoms with E-state index in [1.165, 1.54) is 158 Å². The van der Waals surface area contributed by atoms with Crippen molar-refractivity contribution in [3.63, 3.8) is 0 Å². The summed E-state index contributed by atoms with van der Waals surface area (Å²) >= 11 is 0. The highest BCUT2D eigenvalue weighted by Crippen LogP contribution is 2.67. The molecule has 0 aliphatic heterocycles. The SMILES string of the molecule is C[C@@H]1CC2CC1C1CCCC21.C[C@@H]1CC2CC1C1CCCCC21.C[C@@H]1CCC2(CCC2)C1.C[C@@H]1CCC2(CCCC2)C1.C[C@@H]1CCC2(CCCCC2)C1.C[C@@H]1CCC23CCCCC2(CCCC3)C1.C[C@@H]1CCCC2(CCCCC2)C1. The molecular weight excluding hydrogens is 961 g/mol. The van der Waals surface area contributed by atoms with E-state index in [4.69, 9.17) is 0 Å². The minimum atomic E-state index is 0.821. The molecule has 17 rings (SSSR count). The van der Waals surface area contributed by atoms with E-state index in [1.54, 1.807) is 205 Å². The molecule has 80 heavy (non-hydrogen) atoms. The zero-order chi connectivity index (χ0) is 55.4. The molecule has 17 fully saturated rings. The van der Waals surface area contributed by atoms with E-state index >= 15 is 0 Å². The van der Waals surface area contributed by atoms with Gasteiger partial charge in [0.15, 0.2) is 0 Å². The second kappa shape index (κ2) is 27.2. The summed E-state index contributed by atoms with van der Waals surface area (Å²) in [6.45, 7) is 17.2. The van der Waals surface area contributed by atoms with E-state index in [9.17, 15) is 0 Å². The summed E-state index contributed by atoms with van der Waals surface area (Å²) in [5.41, 5.74) is 5.07. The Balaban J connectivity index is 0.0000000989. The molecule has 0 heteroatoms. The molecule has 17 aliphatic rings. The van der Waals surface area contributed by atoms with Gasteiger partial charge in [0.1, 0.15) is 0 Å². The fourth-order valence-electron chi connectivity index (χ4n) is 26.9. The lowest BCUT2D eigenvalue weighted by Crippen LogP contribution is -2.50. The van der Waals surface area contributed by atoms with Crippen molar-refractivity contribution in [1.29, 1.82) is 0 Å². The highest BCUT2D eigenvalue weighted by molar-refractivity contribution is 5.07. The Hall–Kier alpha value is 0. The van der Waals surface area contributed by atoms with E-state index in [-0.39, 0.29) is 0 Å². The van der Waals surface area contributed by atoms with E-state index in [1.807, 2.05) is 0 Å². The van der Waals surface area contributed by atoms with Gasteiger partial charge < -0.3 is 0 Å². The summed E-state index contributed by atoms with van der Waals surface area (Å²) in [5, 5.41) is 0. The van der Waals surface area contributed by atoms with Gasteiger partial charge in [0.2, 0.25) is 0 Å². The first-order valence-electron chi connectivity index (χ1n) is 38.7. The maximum atomic E-state index is 2.50. The maximum absolute atomic E-state index is 2.50. The van der Waals surface area contributed by atoms with Gasteiger partial charge in [0.25, 0.3) is 0 Å². The van der Waals surface area contributed by atoms with Gasteiger partial charge >= 0.3 is 0 Å². The summed E-state index contributed by atoms with van der Waals surface area (Å²) in [7, 11) is 0. The third-order valence-electron chi connectivity index (χ3n) is 30.8. The van der Waals surface area contributed by atoms with Crippen LogP contribution >= 0.6 is 0 Å². The molecule has 0 saturated heterocycles. The molecule has 17 saturated carbocycles. The topological polar surface area (TPSA) is 0 Å². The van der Waals surface area contributed by atoms with Crippen LogP contribution in [-0.2, 0) is 0 Å². The van der Waals surface area contributed by atoms with Crippen LogP contribution in [-0.4, -0.2) is 0 Å². The Bertz CT molecular complexity index is 1820. The van der Waals surface area contributed by atoms with Crippen LogP contribution in [0.3, 0.4) is 0 Å². The van der Waals surface area contributed by atoms with Crippen molar-refractivity contribution in [2.75, 3.05) is 0 Å². The van der Waals surface area contributed by atoms with E-state index < -0.39 is 0 Å². The van der Waals surface area contributed by atoms with Crippen molar-refractivity contribution in [1.82, 2.24) is 0 Å². The zero-order valence-corrected chi connectivity index (χ0v) is 55.4. The third-order valence-corrected chi connectivity index (χ3v) is 30.8. The maximum Gasteiger partial charge on any atom is -0.0238 e. The number of fused-ring (bicyclic) bond motifs is 10. The van der Waals surface area contributed by atoms with Gasteiger partial charge in [-0.05, 0) is 314 Å². The average Bonchev–Trinajstić information content (AvgIpc) is 4.42. The minimum absolute atomic E-state index is 0.821. The van der Waals surface area contributed by atoms with Crippen LogP contribution in [0.15, 0.2) is 0 Å². The fraction of sp³-hybridized carbons (Fsp3) is 1.00. The van der Waals surface area contributed by atoms with Crippen molar-refractivity contribution < 1.29 is 0 Å². The molecule has 0 N–H and O–H groups in total. The average molecular weight is 1100 g/mol. The van der Waals surface area contributed by atoms with Crippen LogP contribution in [0.2, 0.25) is 0 Å². The molecule has 0 heterocycles. The molecule has 0 aromatic carbocycles. The molecule has 0 aromatic heterocycles. The third kappa shape index (κ3) is 14.1. The van der Waals surface area contributed by atoms with Crippen molar-refractivity contribution >= 4 is 0 Å². The van der Waals surface area contributed by atoms with Gasteiger partial charge in [-0.25, -0.2) is 0 Å². The monoisotopic (exact) mass is 1100 g/mol. The summed E-state index contributed by atoms with van der Waals surface area (Å²) in [4.78, 5) is 0. The van der Waals surface area contributed by atoms with Gasteiger partial charge in [-0.3, -0.25) is 0 Å². The van der Waals surface area contributed by atoms with E-state index in [0.29, 0.717) is 0 Å². The molecule has 0 radical (unpaired) electrons. The molecule has 0 nitrogen and oxygen atoms in total. The van der Waals surface area contributed by atoms with Crippen LogP contribution < -0.4 is 0 Å². The Morgan fingerprint density at radius 2 is 0.525 bits per heavy atom. The molecular formula is C80H140. The van der Waals surface area contributed by atoms with E-state index in [2.05, 4.69) is 48.5 Å². The molecule has 4 bridgehead atoms. The molecule has 4 spiro atoms. The van der Waals surface area contributed by atoms with Gasteiger partial charge in [-0.2, -0.15) is 0 Å². The van der Waals surface area contributed by atoms with Crippen LogP contribution in [0.1, 0.15) is 382 Å². The Morgan fingerprint density at radius 3 is 0.938 bits per heavy atom. The van der Waals surface area contributed by atoms with Crippen molar-refractivity contribution in [3.8, 4) is 0 Å². The first-order valence-corrected chi connectivity index (χ1v) is 38.7. The number of hydrogen-bond donors (Lipinski definition) is 0. The second-order valence-electron chi connectivity index (χ2n) is 36.4. The van der Waals surface area contributed by atoms with Crippen LogP contribution in [0.5, 0.6) is 0 Å². The molecule has 0 amide bonds. The van der Waals surface area contributed by atoms with Gasteiger partial charge in [0, 0.05) is 0 Å². The standard InChI is InChI=1S/C15H26.C12H20.C12H22.C11H18.C11H20.C10H18.C9H16/c1-13-6-11-14-7-2-4-9-15(14,12-13)10-5-3-8-14;1-8-6-9-7-12(8)11-5-3-2-4-10(9)11;1-11-6-5-9-12(10-11)7-3-2-4-8-12;1-7-5-8-6-11(7)10-4-2-3-9(8)10;1-10-5-8-11(9-10)6-3-2-4-7-11;1-9-4-7-10(8-9)5-2-3-6-10;1-8-3-6-9(7-8)4-2-5-9/h13H,2-12H2,1H3;8-12H,2-7H2,1H3;11H,2-10H2,1H3;7-11H,2-6H2,1H3;10H,2-9H2,1H3;9H,2-8H2,1H3;8H,2-7H2,1H3/t13-,14?,15?;8-,9?,10?,11?,12?;11-;7-,8?,9?,10?,11?;10-;9-;8-/m1111111/s1. The second-order valence-corrected chi connectivity index (χ2v) is 36.4.